The van der Waals surface area contributed by atoms with Crippen LogP contribution in [0.3, 0.4) is 0 Å². The van der Waals surface area contributed by atoms with Crippen LogP contribution in [0.1, 0.15) is 22.8 Å². The van der Waals surface area contributed by atoms with Gasteiger partial charge < -0.3 is 15.0 Å². The maximum atomic E-state index is 12.8. The number of fused-ring (bicyclic) bond motifs is 2. The number of aryl methyl sites for hydroxylation is 2. The molecule has 5 aromatic rings. The number of aromatic amines is 1. The van der Waals surface area contributed by atoms with E-state index < -0.39 is 0 Å². The maximum absolute atomic E-state index is 12.8. The molecule has 1 aromatic carbocycles. The Balaban J connectivity index is 1.52. The van der Waals surface area contributed by atoms with Gasteiger partial charge in [-0.05, 0) is 49.2 Å². The first-order chi connectivity index (χ1) is 17.0. The van der Waals surface area contributed by atoms with E-state index in [1.165, 1.54) is 5.56 Å². The van der Waals surface area contributed by atoms with Crippen LogP contribution in [0.15, 0.2) is 55.1 Å². The fourth-order valence-electron chi connectivity index (χ4n) is 4.06. The van der Waals surface area contributed by atoms with E-state index in [0.717, 1.165) is 17.3 Å². The number of rotatable bonds is 8. The van der Waals surface area contributed by atoms with Crippen LogP contribution in [0.4, 0.5) is 0 Å². The Labute approximate surface area is 206 Å². The van der Waals surface area contributed by atoms with Crippen LogP contribution < -0.4 is 5.32 Å². The summed E-state index contributed by atoms with van der Waals surface area (Å²) in [7, 11) is 1.60. The number of H-pyrrole nitrogens is 1. The highest BCUT2D eigenvalue weighted by Gasteiger charge is 2.19. The number of ether oxygens (including phenoxy) is 1. The molecular formula is C25H24ClN7O2. The number of methoxy groups -OCH3 is 1. The zero-order valence-electron chi connectivity index (χ0n) is 19.3. The molecule has 0 saturated carbocycles. The number of amides is 1. The molecule has 1 atom stereocenters. The topological polar surface area (TPSA) is 111 Å². The standard InChI is InChI=1S/C25H24ClN7O2/c1-15(14-35-2)30-25(34)19-12-28-24-23(19)31-20(13-29-24)22-18-4-3-17(26)11-21(18)33(32-22)10-7-16-5-8-27-9-6-16/h3-6,8-9,11-13,15H,7,10,14H2,1-2H3,(H,28,29)(H,30,34)/t15-/m0/s1. The van der Waals surface area contributed by atoms with Gasteiger partial charge in [-0.3, -0.25) is 14.5 Å². The van der Waals surface area contributed by atoms with Gasteiger partial charge in [0.1, 0.15) is 16.9 Å². The molecule has 0 saturated heterocycles. The molecular weight excluding hydrogens is 466 g/mol. The first-order valence-electron chi connectivity index (χ1n) is 11.2. The monoisotopic (exact) mass is 489 g/mol. The van der Waals surface area contributed by atoms with Crippen LogP contribution in [-0.4, -0.2) is 55.4 Å². The average Bonchev–Trinajstić information content (AvgIpc) is 3.44. The average molecular weight is 490 g/mol. The van der Waals surface area contributed by atoms with Gasteiger partial charge >= 0.3 is 0 Å². The lowest BCUT2D eigenvalue weighted by Crippen LogP contribution is -2.35. The van der Waals surface area contributed by atoms with Crippen molar-refractivity contribution in [3.05, 3.63) is 71.3 Å². The Kier molecular flexibility index (Phi) is 6.43. The minimum atomic E-state index is -0.244. The molecule has 0 aliphatic carbocycles. The lowest BCUT2D eigenvalue weighted by Gasteiger charge is -2.11. The number of aromatic nitrogens is 6. The zero-order chi connectivity index (χ0) is 24.4. The lowest BCUT2D eigenvalue weighted by molar-refractivity contribution is 0.0907. The van der Waals surface area contributed by atoms with Crippen molar-refractivity contribution in [1.82, 2.24) is 35.0 Å². The van der Waals surface area contributed by atoms with Gasteiger partial charge in [0.2, 0.25) is 0 Å². The number of nitrogens with zero attached hydrogens (tertiary/aromatic N) is 5. The number of benzene rings is 1. The highest BCUT2D eigenvalue weighted by Crippen LogP contribution is 2.30. The summed E-state index contributed by atoms with van der Waals surface area (Å²) in [6.45, 7) is 2.95. The van der Waals surface area contributed by atoms with Crippen molar-refractivity contribution in [2.75, 3.05) is 13.7 Å². The molecule has 0 aliphatic heterocycles. The van der Waals surface area contributed by atoms with E-state index >= 15 is 0 Å². The normalized spacial score (nSPS) is 12.3. The smallest absolute Gasteiger partial charge is 0.255 e. The third-order valence-corrected chi connectivity index (χ3v) is 5.97. The highest BCUT2D eigenvalue weighted by atomic mass is 35.5. The van der Waals surface area contributed by atoms with Gasteiger partial charge in [-0.1, -0.05) is 11.6 Å². The lowest BCUT2D eigenvalue weighted by atomic mass is 10.1. The van der Waals surface area contributed by atoms with Crippen LogP contribution in [0.25, 0.3) is 33.5 Å². The molecule has 0 radical (unpaired) electrons. The Bertz CT molecular complexity index is 1500. The highest BCUT2D eigenvalue weighted by molar-refractivity contribution is 6.31. The molecule has 178 valence electrons. The van der Waals surface area contributed by atoms with Gasteiger partial charge in [-0.15, -0.1) is 0 Å². The van der Waals surface area contributed by atoms with Crippen molar-refractivity contribution in [3.63, 3.8) is 0 Å². The van der Waals surface area contributed by atoms with E-state index in [1.54, 1.807) is 31.9 Å². The second-order valence-electron chi connectivity index (χ2n) is 8.32. The summed E-state index contributed by atoms with van der Waals surface area (Å²) in [6, 6.07) is 9.51. The predicted octanol–water partition coefficient (Wildman–Crippen LogP) is 4.03. The Hall–Kier alpha value is -3.82. The number of carbonyl (C=O) groups is 1. The molecule has 0 unspecified atom stereocenters. The number of hydrogen-bond acceptors (Lipinski definition) is 6. The number of hydrogen-bond donors (Lipinski definition) is 2. The first kappa shape index (κ1) is 22.9. The first-order valence-corrected chi connectivity index (χ1v) is 11.6. The third-order valence-electron chi connectivity index (χ3n) is 5.74. The molecule has 10 heteroatoms. The molecule has 5 rings (SSSR count). The fourth-order valence-corrected chi connectivity index (χ4v) is 4.23. The minimum Gasteiger partial charge on any atom is -0.383 e. The van der Waals surface area contributed by atoms with Gasteiger partial charge in [0, 0.05) is 48.7 Å². The quantitative estimate of drug-likeness (QED) is 0.340. The van der Waals surface area contributed by atoms with Gasteiger partial charge in [-0.2, -0.15) is 5.10 Å². The van der Waals surface area contributed by atoms with Crippen molar-refractivity contribution >= 4 is 39.6 Å². The van der Waals surface area contributed by atoms with Crippen molar-refractivity contribution in [2.24, 2.45) is 0 Å². The zero-order valence-corrected chi connectivity index (χ0v) is 20.1. The van der Waals surface area contributed by atoms with E-state index in [4.69, 9.17) is 26.4 Å². The van der Waals surface area contributed by atoms with E-state index in [0.29, 0.717) is 46.3 Å². The molecule has 0 bridgehead atoms. The van der Waals surface area contributed by atoms with Crippen LogP contribution >= 0.6 is 11.6 Å². The van der Waals surface area contributed by atoms with E-state index in [9.17, 15) is 4.79 Å². The van der Waals surface area contributed by atoms with Crippen molar-refractivity contribution in [1.29, 1.82) is 0 Å². The molecule has 4 aromatic heterocycles. The van der Waals surface area contributed by atoms with Crippen LogP contribution in [0.2, 0.25) is 5.02 Å². The predicted molar refractivity (Wildman–Crippen MR) is 134 cm³/mol. The van der Waals surface area contributed by atoms with Crippen LogP contribution in [0.5, 0.6) is 0 Å². The summed E-state index contributed by atoms with van der Waals surface area (Å²) in [5, 5.41) is 9.32. The van der Waals surface area contributed by atoms with E-state index in [2.05, 4.69) is 20.3 Å². The van der Waals surface area contributed by atoms with Crippen molar-refractivity contribution in [2.45, 2.75) is 25.9 Å². The maximum Gasteiger partial charge on any atom is 0.255 e. The Morgan fingerprint density at radius 2 is 2.09 bits per heavy atom. The number of pyridine rings is 1. The third kappa shape index (κ3) is 4.73. The summed E-state index contributed by atoms with van der Waals surface area (Å²) in [4.78, 5) is 29.2. The summed E-state index contributed by atoms with van der Waals surface area (Å²) < 4.78 is 7.04. The SMILES string of the molecule is COC[C@H](C)NC(=O)c1c[nH]c2ncc(-c3nn(CCc4ccncc4)c4cc(Cl)ccc34)nc12. The van der Waals surface area contributed by atoms with E-state index in [1.807, 2.05) is 41.9 Å². The molecule has 9 nitrogen and oxygen atoms in total. The van der Waals surface area contributed by atoms with Crippen molar-refractivity contribution < 1.29 is 9.53 Å². The molecule has 0 aliphatic rings. The summed E-state index contributed by atoms with van der Waals surface area (Å²) in [5.74, 6) is -0.244. The van der Waals surface area contributed by atoms with E-state index in [-0.39, 0.29) is 11.9 Å². The molecule has 1 amide bonds. The molecule has 4 heterocycles. The summed E-state index contributed by atoms with van der Waals surface area (Å²) >= 11 is 6.31. The van der Waals surface area contributed by atoms with Gasteiger partial charge in [0.15, 0.2) is 5.65 Å². The number of nitrogens with one attached hydrogen (secondary N) is 2. The summed E-state index contributed by atoms with van der Waals surface area (Å²) in [5.41, 5.74) is 4.76. The second-order valence-corrected chi connectivity index (χ2v) is 8.76. The number of carbonyl (C=O) groups excluding carboxylic acids is 1. The van der Waals surface area contributed by atoms with Crippen LogP contribution in [0, 0.1) is 0 Å². The molecule has 2 N–H and O–H groups in total. The molecule has 0 fully saturated rings. The van der Waals surface area contributed by atoms with Crippen molar-refractivity contribution in [3.8, 4) is 11.4 Å². The molecule has 0 spiro atoms. The van der Waals surface area contributed by atoms with Gasteiger partial charge in [-0.25, -0.2) is 9.97 Å². The second kappa shape index (κ2) is 9.81. The summed E-state index contributed by atoms with van der Waals surface area (Å²) in [6.07, 6.45) is 7.64. The number of halogens is 1. The van der Waals surface area contributed by atoms with Crippen LogP contribution in [-0.2, 0) is 17.7 Å². The Morgan fingerprint density at radius 3 is 2.89 bits per heavy atom. The molecule has 35 heavy (non-hydrogen) atoms. The van der Waals surface area contributed by atoms with Gasteiger partial charge in [0.25, 0.3) is 5.91 Å². The Morgan fingerprint density at radius 1 is 1.26 bits per heavy atom. The minimum absolute atomic E-state index is 0.140. The van der Waals surface area contributed by atoms with Gasteiger partial charge in [0.05, 0.1) is 23.9 Å². The largest absolute Gasteiger partial charge is 0.383 e. The fraction of sp³-hybridized carbons (Fsp3) is 0.240.